The second kappa shape index (κ2) is 5.94. The molecule has 0 unspecified atom stereocenters. The zero-order valence-electron chi connectivity index (χ0n) is 13.7. The van der Waals surface area contributed by atoms with E-state index in [9.17, 15) is 0 Å². The number of fused-ring (bicyclic) bond motifs is 2. The third-order valence-electron chi connectivity index (χ3n) is 3.71. The molecule has 3 nitrogen and oxygen atoms in total. The van der Waals surface area contributed by atoms with Gasteiger partial charge in [0.1, 0.15) is 5.82 Å². The maximum atomic E-state index is 4.65. The Morgan fingerprint density at radius 3 is 2.59 bits per heavy atom. The van der Waals surface area contributed by atoms with E-state index in [2.05, 4.69) is 73.1 Å². The minimum Gasteiger partial charge on any atom is -0.324 e. The second-order valence-electron chi connectivity index (χ2n) is 6.88. The second-order valence-corrected chi connectivity index (χ2v) is 7.97. The summed E-state index contributed by atoms with van der Waals surface area (Å²) in [6.45, 7) is 6.63. The van der Waals surface area contributed by atoms with E-state index < -0.39 is 0 Å². The Hall–Kier alpha value is -1.52. The van der Waals surface area contributed by atoms with Crippen molar-refractivity contribution in [3.05, 3.63) is 42.6 Å². The van der Waals surface area contributed by atoms with E-state index in [-0.39, 0.29) is 5.41 Å². The number of para-hydroxylation sites is 1. The van der Waals surface area contributed by atoms with Gasteiger partial charge in [-0.2, -0.15) is 0 Å². The molecule has 0 atom stereocenters. The molecule has 2 aromatic rings. The molecule has 1 aromatic heterocycles. The van der Waals surface area contributed by atoms with Crippen molar-refractivity contribution in [3.63, 3.8) is 0 Å². The van der Waals surface area contributed by atoms with E-state index in [1.807, 2.05) is 24.0 Å². The standard InChI is InChI=1S/C18H23N3S/c1-18(2,12-20(3)4)13-21-14-8-5-6-9-15(14)22-16-10-7-11-19-17(16)21/h5-11H,12-13H2,1-4H3. The highest BCUT2D eigenvalue weighted by Crippen LogP contribution is 2.47. The Balaban J connectivity index is 1.99. The molecule has 0 saturated carbocycles. The minimum absolute atomic E-state index is 0.174. The van der Waals surface area contributed by atoms with Gasteiger partial charge in [0.15, 0.2) is 0 Å². The highest BCUT2D eigenvalue weighted by atomic mass is 32.2. The summed E-state index contributed by atoms with van der Waals surface area (Å²) >= 11 is 1.81. The van der Waals surface area contributed by atoms with Crippen LogP contribution >= 0.6 is 11.8 Å². The van der Waals surface area contributed by atoms with Crippen LogP contribution in [-0.2, 0) is 0 Å². The average molecular weight is 313 g/mol. The van der Waals surface area contributed by atoms with Crippen molar-refractivity contribution in [3.8, 4) is 0 Å². The molecule has 0 radical (unpaired) electrons. The fraction of sp³-hybridized carbons (Fsp3) is 0.389. The van der Waals surface area contributed by atoms with E-state index in [1.165, 1.54) is 15.5 Å². The average Bonchev–Trinajstić information content (AvgIpc) is 2.45. The summed E-state index contributed by atoms with van der Waals surface area (Å²) in [5.41, 5.74) is 1.44. The first-order chi connectivity index (χ1) is 10.5. The van der Waals surface area contributed by atoms with Crippen molar-refractivity contribution in [1.29, 1.82) is 0 Å². The molecule has 0 saturated heterocycles. The molecule has 0 amide bonds. The van der Waals surface area contributed by atoms with Gasteiger partial charge in [0.05, 0.1) is 10.6 Å². The Kier molecular flexibility index (Phi) is 4.15. The third kappa shape index (κ3) is 3.13. The molecule has 3 rings (SSSR count). The molecule has 1 aliphatic rings. The molecule has 22 heavy (non-hydrogen) atoms. The summed E-state index contributed by atoms with van der Waals surface area (Å²) in [5.74, 6) is 1.08. The monoisotopic (exact) mass is 313 g/mol. The lowest BCUT2D eigenvalue weighted by Gasteiger charge is -2.38. The lowest BCUT2D eigenvalue weighted by molar-refractivity contribution is 0.247. The summed E-state index contributed by atoms with van der Waals surface area (Å²) < 4.78 is 0. The van der Waals surface area contributed by atoms with Crippen LogP contribution in [0.15, 0.2) is 52.4 Å². The van der Waals surface area contributed by atoms with Gasteiger partial charge >= 0.3 is 0 Å². The van der Waals surface area contributed by atoms with Crippen molar-refractivity contribution in [2.75, 3.05) is 32.1 Å². The van der Waals surface area contributed by atoms with Crippen LogP contribution in [0.5, 0.6) is 0 Å². The van der Waals surface area contributed by atoms with E-state index in [0.717, 1.165) is 18.9 Å². The zero-order chi connectivity index (χ0) is 15.7. The Labute approximate surface area is 137 Å². The summed E-state index contributed by atoms with van der Waals surface area (Å²) in [6, 6.07) is 12.8. The normalized spacial score (nSPS) is 14.0. The smallest absolute Gasteiger partial charge is 0.147 e. The predicted octanol–water partition coefficient (Wildman–Crippen LogP) is 4.27. The molecule has 0 fully saturated rings. The first kappa shape index (κ1) is 15.4. The quantitative estimate of drug-likeness (QED) is 0.839. The van der Waals surface area contributed by atoms with Crippen molar-refractivity contribution in [2.45, 2.75) is 23.6 Å². The summed E-state index contributed by atoms with van der Waals surface area (Å²) in [4.78, 5) is 11.8. The molecular weight excluding hydrogens is 290 g/mol. The molecule has 0 bridgehead atoms. The molecule has 0 spiro atoms. The maximum Gasteiger partial charge on any atom is 0.147 e. The van der Waals surface area contributed by atoms with E-state index >= 15 is 0 Å². The number of anilines is 2. The van der Waals surface area contributed by atoms with Crippen molar-refractivity contribution >= 4 is 23.3 Å². The van der Waals surface area contributed by atoms with Crippen LogP contribution in [0, 0.1) is 5.41 Å². The lowest BCUT2D eigenvalue weighted by Crippen LogP contribution is -2.39. The van der Waals surface area contributed by atoms with Gasteiger partial charge in [-0.15, -0.1) is 0 Å². The first-order valence-corrected chi connectivity index (χ1v) is 8.42. The number of rotatable bonds is 4. The third-order valence-corrected chi connectivity index (χ3v) is 4.82. The maximum absolute atomic E-state index is 4.65. The topological polar surface area (TPSA) is 19.4 Å². The number of nitrogens with zero attached hydrogens (tertiary/aromatic N) is 3. The molecule has 1 aliphatic heterocycles. The summed E-state index contributed by atoms with van der Waals surface area (Å²) in [7, 11) is 4.27. The molecular formula is C18H23N3S. The number of benzene rings is 1. The van der Waals surface area contributed by atoms with Crippen LogP contribution in [0.4, 0.5) is 11.5 Å². The number of hydrogen-bond acceptors (Lipinski definition) is 4. The SMILES string of the molecule is CN(C)CC(C)(C)CN1c2ccccc2Sc2cccnc21. The number of hydrogen-bond donors (Lipinski definition) is 0. The predicted molar refractivity (Wildman–Crippen MR) is 94.1 cm³/mol. The molecule has 0 aliphatic carbocycles. The van der Waals surface area contributed by atoms with Gasteiger partial charge < -0.3 is 9.80 Å². The summed E-state index contributed by atoms with van der Waals surface area (Å²) in [5, 5.41) is 0. The van der Waals surface area contributed by atoms with Crippen LogP contribution in [-0.4, -0.2) is 37.1 Å². The Morgan fingerprint density at radius 2 is 1.82 bits per heavy atom. The molecule has 116 valence electrons. The van der Waals surface area contributed by atoms with Crippen LogP contribution in [0.3, 0.4) is 0 Å². The van der Waals surface area contributed by atoms with Gasteiger partial charge in [-0.05, 0) is 43.8 Å². The fourth-order valence-corrected chi connectivity index (χ4v) is 4.22. The van der Waals surface area contributed by atoms with E-state index in [4.69, 9.17) is 0 Å². The van der Waals surface area contributed by atoms with Gasteiger partial charge in [-0.25, -0.2) is 4.98 Å². The van der Waals surface area contributed by atoms with Crippen LogP contribution in [0.25, 0.3) is 0 Å². The molecule has 4 heteroatoms. The molecule has 1 aromatic carbocycles. The van der Waals surface area contributed by atoms with Gasteiger partial charge in [0.25, 0.3) is 0 Å². The van der Waals surface area contributed by atoms with Crippen molar-refractivity contribution in [2.24, 2.45) is 5.41 Å². The van der Waals surface area contributed by atoms with Gasteiger partial charge in [-0.3, -0.25) is 0 Å². The van der Waals surface area contributed by atoms with Crippen molar-refractivity contribution in [1.82, 2.24) is 9.88 Å². The number of pyridine rings is 1. The van der Waals surface area contributed by atoms with E-state index in [1.54, 1.807) is 0 Å². The molecule has 2 heterocycles. The van der Waals surface area contributed by atoms with Crippen LogP contribution in [0.2, 0.25) is 0 Å². The van der Waals surface area contributed by atoms with Crippen LogP contribution < -0.4 is 4.90 Å². The minimum atomic E-state index is 0.174. The van der Waals surface area contributed by atoms with Gasteiger partial charge in [0, 0.05) is 24.2 Å². The fourth-order valence-electron chi connectivity index (χ4n) is 3.16. The lowest BCUT2D eigenvalue weighted by atomic mass is 9.91. The Morgan fingerprint density at radius 1 is 1.09 bits per heavy atom. The first-order valence-electron chi connectivity index (χ1n) is 7.60. The van der Waals surface area contributed by atoms with Gasteiger partial charge in [0.2, 0.25) is 0 Å². The van der Waals surface area contributed by atoms with Crippen LogP contribution in [0.1, 0.15) is 13.8 Å². The largest absolute Gasteiger partial charge is 0.324 e. The highest BCUT2D eigenvalue weighted by molar-refractivity contribution is 7.99. The number of aromatic nitrogens is 1. The summed E-state index contributed by atoms with van der Waals surface area (Å²) in [6.07, 6.45) is 1.89. The van der Waals surface area contributed by atoms with E-state index in [0.29, 0.717) is 0 Å². The highest BCUT2D eigenvalue weighted by Gasteiger charge is 2.30. The molecule has 0 N–H and O–H groups in total. The van der Waals surface area contributed by atoms with Gasteiger partial charge in [-0.1, -0.05) is 37.7 Å². The Bertz CT molecular complexity index is 621. The van der Waals surface area contributed by atoms with Crippen molar-refractivity contribution < 1.29 is 0 Å². The zero-order valence-corrected chi connectivity index (χ0v) is 14.5.